The van der Waals surface area contributed by atoms with Gasteiger partial charge in [0.2, 0.25) is 5.89 Å². The largest absolute Gasteiger partial charge is 0.411 e. The Kier molecular flexibility index (Phi) is 6.41. The zero-order valence-corrected chi connectivity index (χ0v) is 11.6. The Morgan fingerprint density at radius 3 is 2.60 bits per heavy atom. The van der Waals surface area contributed by atoms with E-state index in [4.69, 9.17) is 10.3 Å². The van der Waals surface area contributed by atoms with Crippen LogP contribution in [0.3, 0.4) is 0 Å². The van der Waals surface area contributed by atoms with Gasteiger partial charge in [-0.25, -0.2) is 0 Å². The first-order valence-corrected chi connectivity index (χ1v) is 6.49. The van der Waals surface area contributed by atoms with Gasteiger partial charge >= 0.3 is 6.18 Å². The van der Waals surface area contributed by atoms with Crippen molar-refractivity contribution < 1.29 is 22.4 Å². The summed E-state index contributed by atoms with van der Waals surface area (Å²) in [6.45, 7) is 3.15. The van der Waals surface area contributed by atoms with Crippen molar-refractivity contribution in [2.24, 2.45) is 11.7 Å². The Labute approximate surface area is 115 Å². The van der Waals surface area contributed by atoms with Gasteiger partial charge < -0.3 is 15.0 Å². The fraction of sp³-hybridized carbons (Fsp3) is 0.833. The third-order valence-corrected chi connectivity index (χ3v) is 2.61. The third kappa shape index (κ3) is 6.33. The maximum absolute atomic E-state index is 11.9. The summed E-state index contributed by atoms with van der Waals surface area (Å²) in [6.07, 6.45) is -3.31. The number of hydrogen-bond donors (Lipinski definition) is 1. The molecule has 5 nitrogen and oxygen atoms in total. The monoisotopic (exact) mass is 295 g/mol. The normalized spacial score (nSPS) is 13.9. The third-order valence-electron chi connectivity index (χ3n) is 2.61. The van der Waals surface area contributed by atoms with E-state index >= 15 is 0 Å². The zero-order chi connectivity index (χ0) is 15.2. The second-order valence-corrected chi connectivity index (χ2v) is 5.03. The van der Waals surface area contributed by atoms with Gasteiger partial charge in [0.1, 0.15) is 6.61 Å². The van der Waals surface area contributed by atoms with Crippen LogP contribution in [0.25, 0.3) is 0 Å². The molecule has 1 unspecified atom stereocenters. The molecule has 1 aromatic heterocycles. The lowest BCUT2D eigenvalue weighted by Crippen LogP contribution is -2.18. The molecule has 1 heterocycles. The van der Waals surface area contributed by atoms with E-state index in [-0.39, 0.29) is 18.9 Å². The highest BCUT2D eigenvalue weighted by atomic mass is 19.4. The highest BCUT2D eigenvalue weighted by Gasteiger charge is 2.27. The van der Waals surface area contributed by atoms with Crippen molar-refractivity contribution >= 4 is 0 Å². The first-order chi connectivity index (χ1) is 9.31. The van der Waals surface area contributed by atoms with Gasteiger partial charge in [-0.2, -0.15) is 18.2 Å². The molecule has 20 heavy (non-hydrogen) atoms. The highest BCUT2D eigenvalue weighted by Crippen LogP contribution is 2.21. The topological polar surface area (TPSA) is 74.2 Å². The molecule has 0 amide bonds. The molecule has 0 aliphatic carbocycles. The number of nitrogens with two attached hydrogens (primary N) is 1. The molecule has 8 heteroatoms. The molecule has 0 fully saturated rings. The summed E-state index contributed by atoms with van der Waals surface area (Å²) in [6, 6.07) is 0. The molecule has 1 rings (SSSR count). The first-order valence-electron chi connectivity index (χ1n) is 6.49. The van der Waals surface area contributed by atoms with Crippen molar-refractivity contribution in [3.63, 3.8) is 0 Å². The van der Waals surface area contributed by atoms with Crippen molar-refractivity contribution in [2.45, 2.75) is 38.8 Å². The minimum atomic E-state index is -4.32. The van der Waals surface area contributed by atoms with Gasteiger partial charge in [0, 0.05) is 13.0 Å². The van der Waals surface area contributed by atoms with Crippen LogP contribution in [-0.4, -0.2) is 36.1 Å². The van der Waals surface area contributed by atoms with E-state index < -0.39 is 12.8 Å². The summed E-state index contributed by atoms with van der Waals surface area (Å²) >= 11 is 0. The molecule has 116 valence electrons. The lowest BCUT2D eigenvalue weighted by Gasteiger charge is -2.11. The summed E-state index contributed by atoms with van der Waals surface area (Å²) in [4.78, 5) is 4.15. The van der Waals surface area contributed by atoms with Gasteiger partial charge in [0.05, 0.1) is 12.5 Å². The Morgan fingerprint density at radius 2 is 2.05 bits per heavy atom. The summed E-state index contributed by atoms with van der Waals surface area (Å²) in [5, 5.41) is 3.72. The molecule has 0 spiro atoms. The maximum atomic E-state index is 11.9. The van der Waals surface area contributed by atoms with E-state index in [9.17, 15) is 13.2 Å². The van der Waals surface area contributed by atoms with Crippen LogP contribution >= 0.6 is 0 Å². The van der Waals surface area contributed by atoms with Gasteiger partial charge in [0.25, 0.3) is 0 Å². The molecule has 2 N–H and O–H groups in total. The van der Waals surface area contributed by atoms with Crippen molar-refractivity contribution in [2.75, 3.05) is 19.8 Å². The van der Waals surface area contributed by atoms with E-state index in [0.717, 1.165) is 6.42 Å². The van der Waals surface area contributed by atoms with Crippen LogP contribution in [-0.2, 0) is 11.2 Å². The molecular weight excluding hydrogens is 275 g/mol. The standard InChI is InChI=1S/C12H20F3N3O2/c1-8(2)5-9(6-16)11-17-10(18-20-11)3-4-19-7-12(13,14)15/h8-9H,3-7,16H2,1-2H3. The Morgan fingerprint density at radius 1 is 1.35 bits per heavy atom. The lowest BCUT2D eigenvalue weighted by atomic mass is 9.97. The van der Waals surface area contributed by atoms with Gasteiger partial charge in [0.15, 0.2) is 5.82 Å². The molecule has 1 atom stereocenters. The molecule has 0 bridgehead atoms. The number of halogens is 3. The SMILES string of the molecule is CC(C)CC(CN)c1nc(CCOCC(F)(F)F)no1. The predicted molar refractivity (Wildman–Crippen MR) is 66.1 cm³/mol. The lowest BCUT2D eigenvalue weighted by molar-refractivity contribution is -0.173. The number of hydrogen-bond acceptors (Lipinski definition) is 5. The number of aromatic nitrogens is 2. The first kappa shape index (κ1) is 16.9. The molecule has 0 saturated carbocycles. The molecular formula is C12H20F3N3O2. The smallest absolute Gasteiger partial charge is 0.372 e. The average molecular weight is 295 g/mol. The van der Waals surface area contributed by atoms with Crippen LogP contribution in [0, 0.1) is 5.92 Å². The van der Waals surface area contributed by atoms with Crippen molar-refractivity contribution in [1.29, 1.82) is 0 Å². The average Bonchev–Trinajstić information content (AvgIpc) is 2.79. The van der Waals surface area contributed by atoms with Crippen LogP contribution in [0.2, 0.25) is 0 Å². The molecule has 0 saturated heterocycles. The number of ether oxygens (including phenoxy) is 1. The predicted octanol–water partition coefficient (Wildman–Crippen LogP) is 2.28. The Balaban J connectivity index is 2.42. The van der Waals surface area contributed by atoms with Crippen LogP contribution in [0.5, 0.6) is 0 Å². The number of rotatable bonds is 8. The summed E-state index contributed by atoms with van der Waals surface area (Å²) < 4.78 is 45.2. The van der Waals surface area contributed by atoms with Gasteiger partial charge in [-0.05, 0) is 12.3 Å². The Hall–Kier alpha value is -1.15. The minimum absolute atomic E-state index is 0.0210. The van der Waals surface area contributed by atoms with E-state index in [1.54, 1.807) is 0 Å². The fourth-order valence-electron chi connectivity index (χ4n) is 1.75. The van der Waals surface area contributed by atoms with Crippen LogP contribution in [0.15, 0.2) is 4.52 Å². The summed E-state index contributed by atoms with van der Waals surface area (Å²) in [5.41, 5.74) is 5.65. The quantitative estimate of drug-likeness (QED) is 0.745. The molecule has 0 aromatic carbocycles. The van der Waals surface area contributed by atoms with Gasteiger partial charge in [-0.3, -0.25) is 0 Å². The van der Waals surface area contributed by atoms with Gasteiger partial charge in [-0.15, -0.1) is 0 Å². The van der Waals surface area contributed by atoms with E-state index in [0.29, 0.717) is 24.2 Å². The molecule has 0 aliphatic rings. The summed E-state index contributed by atoms with van der Waals surface area (Å²) in [7, 11) is 0. The van der Waals surface area contributed by atoms with Crippen molar-refractivity contribution in [3.05, 3.63) is 11.7 Å². The van der Waals surface area contributed by atoms with Crippen LogP contribution in [0.4, 0.5) is 13.2 Å². The van der Waals surface area contributed by atoms with E-state index in [1.165, 1.54) is 0 Å². The maximum Gasteiger partial charge on any atom is 0.411 e. The van der Waals surface area contributed by atoms with Crippen LogP contribution in [0.1, 0.15) is 37.9 Å². The second-order valence-electron chi connectivity index (χ2n) is 5.03. The van der Waals surface area contributed by atoms with E-state index in [1.807, 2.05) is 0 Å². The van der Waals surface area contributed by atoms with Crippen molar-refractivity contribution in [1.82, 2.24) is 10.1 Å². The summed E-state index contributed by atoms with van der Waals surface area (Å²) in [5.74, 6) is 1.19. The second kappa shape index (κ2) is 7.58. The van der Waals surface area contributed by atoms with Crippen LogP contribution < -0.4 is 5.73 Å². The minimum Gasteiger partial charge on any atom is -0.372 e. The molecule has 0 aliphatic heterocycles. The number of nitrogens with zero attached hydrogens (tertiary/aromatic N) is 2. The fourth-order valence-corrected chi connectivity index (χ4v) is 1.75. The highest BCUT2D eigenvalue weighted by molar-refractivity contribution is 4.95. The number of alkyl halides is 3. The van der Waals surface area contributed by atoms with Gasteiger partial charge in [-0.1, -0.05) is 19.0 Å². The Bertz CT molecular complexity index is 394. The van der Waals surface area contributed by atoms with Crippen molar-refractivity contribution in [3.8, 4) is 0 Å². The molecule has 0 radical (unpaired) electrons. The van der Waals surface area contributed by atoms with E-state index in [2.05, 4.69) is 28.7 Å². The molecule has 1 aromatic rings. The zero-order valence-electron chi connectivity index (χ0n) is 11.6.